The van der Waals surface area contributed by atoms with Crippen LogP contribution in [0.5, 0.6) is 0 Å². The first-order valence-electron chi connectivity index (χ1n) is 11.8. The van der Waals surface area contributed by atoms with Crippen molar-refractivity contribution < 1.29 is 150 Å². The van der Waals surface area contributed by atoms with Crippen LogP contribution in [-0.2, 0) is 35.1 Å². The Morgan fingerprint density at radius 1 is 0.868 bits per heavy atom. The van der Waals surface area contributed by atoms with E-state index in [1.54, 1.807) is 24.3 Å². The van der Waals surface area contributed by atoms with Crippen molar-refractivity contribution in [3.8, 4) is 0 Å². The van der Waals surface area contributed by atoms with Crippen LogP contribution in [0.4, 0.5) is 10.5 Å². The number of hydrogen-bond donors (Lipinski definition) is 3. The van der Waals surface area contributed by atoms with Gasteiger partial charge in [-0.2, -0.15) is 0 Å². The van der Waals surface area contributed by atoms with Crippen molar-refractivity contribution in [3.63, 3.8) is 0 Å². The molecule has 12 nitrogen and oxygen atoms in total. The molecule has 14 heteroatoms. The normalized spacial score (nSPS) is 9.63. The van der Waals surface area contributed by atoms with E-state index in [-0.39, 0.29) is 167 Å². The minimum atomic E-state index is -0.622. The molecule has 0 atom stereocenters. The van der Waals surface area contributed by atoms with E-state index < -0.39 is 24.3 Å². The van der Waals surface area contributed by atoms with Crippen LogP contribution < -0.4 is 132 Å². The van der Waals surface area contributed by atoms with E-state index in [1.165, 1.54) is 7.05 Å². The number of ether oxygens (including phenoxy) is 2. The maximum absolute atomic E-state index is 12.0. The topological polar surface area (TPSA) is 168 Å². The zero-order valence-electron chi connectivity index (χ0n) is 22.8. The molecule has 0 aliphatic carbocycles. The summed E-state index contributed by atoms with van der Waals surface area (Å²) >= 11 is 0. The van der Waals surface area contributed by atoms with Crippen LogP contribution in [0.2, 0.25) is 0 Å². The molecule has 200 valence electrons. The van der Waals surface area contributed by atoms with Crippen molar-refractivity contribution in [3.05, 3.63) is 40.5 Å². The second kappa shape index (κ2) is 25.9. The monoisotopic (exact) mass is 675 g/mol. The van der Waals surface area contributed by atoms with Gasteiger partial charge in [-0.05, 0) is 12.0 Å². The number of rotatable bonds is 17. The molecule has 1 aromatic carbocycles. The molecule has 3 N–H and O–H groups in total. The van der Waals surface area contributed by atoms with E-state index in [0.717, 1.165) is 12.0 Å². The Morgan fingerprint density at radius 2 is 1.58 bits per heavy atom. The van der Waals surface area contributed by atoms with Gasteiger partial charge < -0.3 is 45.6 Å². The molecule has 0 bridgehead atoms. The minimum absolute atomic E-state index is 0. The first-order valence-corrected chi connectivity index (χ1v) is 11.8. The number of nitrogens with zero attached hydrogens (tertiary/aromatic N) is 2. The van der Waals surface area contributed by atoms with Crippen molar-refractivity contribution in [1.29, 1.82) is 0 Å². The molecule has 0 aliphatic heterocycles. The van der Waals surface area contributed by atoms with Gasteiger partial charge in [-0.3, -0.25) is 9.59 Å². The van der Waals surface area contributed by atoms with Crippen LogP contribution in [0.25, 0.3) is 10.6 Å². The number of amides is 5. The average Bonchev–Trinajstić information content (AvgIpc) is 2.85. The Morgan fingerprint density at radius 3 is 2.24 bits per heavy atom. The third-order valence-electron chi connectivity index (χ3n) is 4.52. The van der Waals surface area contributed by atoms with Crippen molar-refractivity contribution in [2.24, 2.45) is 0 Å². The first-order chi connectivity index (χ1) is 17.3. The molecule has 0 saturated heterocycles. The SMILES string of the molecule is CCCNC(=O)OCCCOCC[N-]C(=O)CC(=O)[N-]c1ccc(CC(=O)NCCC(=O)NC)cc1.[Rb+].[Rb+]. The van der Waals surface area contributed by atoms with Gasteiger partial charge in [0.25, 0.3) is 0 Å². The first kappa shape index (κ1) is 40.1. The molecule has 38 heavy (non-hydrogen) atoms. The molecule has 0 radical (unpaired) electrons. The van der Waals surface area contributed by atoms with Crippen molar-refractivity contribution >= 4 is 35.4 Å². The number of benzene rings is 1. The van der Waals surface area contributed by atoms with Crippen molar-refractivity contribution in [1.82, 2.24) is 16.0 Å². The summed E-state index contributed by atoms with van der Waals surface area (Å²) in [7, 11) is 1.53. The molecular weight excluding hydrogens is 641 g/mol. The van der Waals surface area contributed by atoms with E-state index in [1.807, 2.05) is 6.92 Å². The number of hydrogen-bond acceptors (Lipinski definition) is 7. The third-order valence-corrected chi connectivity index (χ3v) is 4.52. The van der Waals surface area contributed by atoms with Crippen molar-refractivity contribution in [2.45, 2.75) is 39.0 Å². The summed E-state index contributed by atoms with van der Waals surface area (Å²) in [6.45, 7) is 3.67. The molecule has 5 amide bonds. The van der Waals surface area contributed by atoms with Crippen LogP contribution in [0.3, 0.4) is 0 Å². The molecule has 0 saturated carbocycles. The third kappa shape index (κ3) is 21.7. The second-order valence-electron chi connectivity index (χ2n) is 7.60. The molecule has 0 aromatic heterocycles. The van der Waals surface area contributed by atoms with Crippen LogP contribution in [0.15, 0.2) is 24.3 Å². The largest absolute Gasteiger partial charge is 1.00 e. The molecule has 1 rings (SSSR count). The van der Waals surface area contributed by atoms with Gasteiger partial charge in [-0.25, -0.2) is 4.79 Å². The zero-order valence-corrected chi connectivity index (χ0v) is 32.7. The Kier molecular flexibility index (Phi) is 27.3. The zero-order chi connectivity index (χ0) is 26.6. The molecule has 0 spiro atoms. The maximum Gasteiger partial charge on any atom is 1.00 e. The fraction of sp³-hybridized carbons (Fsp3) is 0.542. The summed E-state index contributed by atoms with van der Waals surface area (Å²) in [4.78, 5) is 58.1. The number of alkyl carbamates (subject to hydrolysis) is 1. The van der Waals surface area contributed by atoms with Gasteiger partial charge in [0.15, 0.2) is 0 Å². The maximum atomic E-state index is 12.0. The summed E-state index contributed by atoms with van der Waals surface area (Å²) in [6, 6.07) is 6.49. The van der Waals surface area contributed by atoms with Gasteiger partial charge >= 0.3 is 122 Å². The molecule has 0 heterocycles. The van der Waals surface area contributed by atoms with Gasteiger partial charge in [0.05, 0.1) is 24.8 Å². The summed E-state index contributed by atoms with van der Waals surface area (Å²) in [6.07, 6.45) is 0.779. The number of carbonyl (C=O) groups is 5. The van der Waals surface area contributed by atoms with Crippen LogP contribution >= 0.6 is 0 Å². The Hall–Kier alpha value is -0.0596. The average molecular weight is 677 g/mol. The van der Waals surface area contributed by atoms with Crippen LogP contribution in [0, 0.1) is 0 Å². The Bertz CT molecular complexity index is 857. The standard InChI is InChI=1S/C24H37N5O7.2Rb/c1-3-10-28-24(34)36-14-4-13-35-15-12-27-22(32)17-23(33)29-19-7-5-18(6-8-19)16-21(31)26-11-9-20(30)25-2;;/h5-8H,3-4,9-17H2,1-2H3,(H5,25,26,27,28,29,30,31,32,33,34);;/q;2*+1/p-2. The molecule has 1 aromatic rings. The van der Waals surface area contributed by atoms with Gasteiger partial charge in [0.1, 0.15) is 0 Å². The fourth-order valence-corrected chi connectivity index (χ4v) is 2.69. The Balaban J connectivity index is 0. The van der Waals surface area contributed by atoms with Crippen LogP contribution in [-0.4, -0.2) is 76.2 Å². The Labute approximate surface area is 321 Å². The summed E-state index contributed by atoms with van der Waals surface area (Å²) in [5.41, 5.74) is 1.08. The van der Waals surface area contributed by atoms with Gasteiger partial charge in [0.2, 0.25) is 11.8 Å². The van der Waals surface area contributed by atoms with E-state index in [9.17, 15) is 24.0 Å². The number of nitrogens with one attached hydrogen (secondary N) is 3. The van der Waals surface area contributed by atoms with E-state index >= 15 is 0 Å². The molecule has 0 fully saturated rings. The van der Waals surface area contributed by atoms with Crippen molar-refractivity contribution in [2.75, 3.05) is 46.5 Å². The smallest absolute Gasteiger partial charge is 0.651 e. The molecule has 0 aliphatic rings. The molecular formula is C24H35N5O7Rb2. The van der Waals surface area contributed by atoms with Gasteiger partial charge in [-0.1, -0.05) is 31.2 Å². The quantitative estimate of drug-likeness (QED) is 0.111. The minimum Gasteiger partial charge on any atom is -0.651 e. The number of carbonyl (C=O) groups excluding carboxylic acids is 5. The molecule has 0 unspecified atom stereocenters. The predicted octanol–water partition coefficient (Wildman–Crippen LogP) is -4.15. The van der Waals surface area contributed by atoms with Crippen LogP contribution in [0.1, 0.15) is 38.2 Å². The van der Waals surface area contributed by atoms with Gasteiger partial charge in [-0.15, -0.1) is 12.2 Å². The predicted molar refractivity (Wildman–Crippen MR) is 133 cm³/mol. The fourth-order valence-electron chi connectivity index (χ4n) is 2.69. The summed E-state index contributed by atoms with van der Waals surface area (Å²) in [5, 5.41) is 15.4. The second-order valence-corrected chi connectivity index (χ2v) is 7.60. The summed E-state index contributed by atoms with van der Waals surface area (Å²) < 4.78 is 10.3. The summed E-state index contributed by atoms with van der Waals surface area (Å²) in [5.74, 6) is -1.59. The van der Waals surface area contributed by atoms with E-state index in [0.29, 0.717) is 25.3 Å². The van der Waals surface area contributed by atoms with Gasteiger partial charge in [0, 0.05) is 52.6 Å². The van der Waals surface area contributed by atoms with E-state index in [4.69, 9.17) is 9.47 Å². The van der Waals surface area contributed by atoms with E-state index in [2.05, 4.69) is 26.6 Å².